The van der Waals surface area contributed by atoms with E-state index in [-0.39, 0.29) is 33.5 Å². The van der Waals surface area contributed by atoms with E-state index in [2.05, 4.69) is 40.7 Å². The summed E-state index contributed by atoms with van der Waals surface area (Å²) in [6.07, 6.45) is 8.83. The lowest BCUT2D eigenvalue weighted by Gasteiger charge is -2.71. The third kappa shape index (κ3) is 2.94. The number of hydrogen-bond acceptors (Lipinski definition) is 4. The smallest absolute Gasteiger partial charge is 0.312 e. The van der Waals surface area contributed by atoms with Crippen molar-refractivity contribution in [2.24, 2.45) is 50.2 Å². The van der Waals surface area contributed by atoms with Crippen LogP contribution in [0.15, 0.2) is 11.6 Å². The van der Waals surface area contributed by atoms with Crippen LogP contribution in [-0.4, -0.2) is 39.8 Å². The minimum atomic E-state index is -1.09. The number of allylic oxidation sites excluding steroid dienone is 2. The van der Waals surface area contributed by atoms with Crippen LogP contribution < -0.4 is 0 Å². The van der Waals surface area contributed by atoms with Crippen molar-refractivity contribution in [1.29, 1.82) is 0 Å². The van der Waals surface area contributed by atoms with Crippen LogP contribution in [-0.2, 0) is 9.59 Å². The van der Waals surface area contributed by atoms with E-state index in [1.54, 1.807) is 0 Å². The van der Waals surface area contributed by atoms with Gasteiger partial charge < -0.3 is 20.1 Å². The maximum Gasteiger partial charge on any atom is 0.312 e. The lowest BCUT2D eigenvalue weighted by molar-refractivity contribution is -0.217. The van der Waals surface area contributed by atoms with Crippen molar-refractivity contribution in [2.75, 3.05) is 0 Å². The Balaban J connectivity index is 1.63. The summed E-state index contributed by atoms with van der Waals surface area (Å²) in [5.74, 6) is -0.517. The summed E-state index contributed by atoms with van der Waals surface area (Å²) in [6, 6.07) is 0. The Kier molecular flexibility index (Phi) is 5.40. The number of rotatable bonds is 2. The molecule has 4 fully saturated rings. The number of aliphatic hydroxyl groups excluding tert-OH is 2. The van der Waals surface area contributed by atoms with E-state index >= 15 is 0 Å². The summed E-state index contributed by atoms with van der Waals surface area (Å²) in [5, 5.41) is 33.0. The predicted molar refractivity (Wildman–Crippen MR) is 134 cm³/mol. The van der Waals surface area contributed by atoms with Crippen molar-refractivity contribution in [1.82, 2.24) is 0 Å². The zero-order chi connectivity index (χ0) is 25.8. The molecule has 0 heterocycles. The van der Waals surface area contributed by atoms with E-state index in [1.807, 2.05) is 6.92 Å². The highest BCUT2D eigenvalue weighted by Gasteiger charge is 2.71. The molecule has 0 aromatic heterocycles. The highest BCUT2D eigenvalue weighted by molar-refractivity contribution is 5.77. The molecule has 5 unspecified atom stereocenters. The van der Waals surface area contributed by atoms with E-state index < -0.39 is 29.0 Å². The zero-order valence-electron chi connectivity index (χ0n) is 22.6. The third-order valence-corrected chi connectivity index (χ3v) is 13.0. The first kappa shape index (κ1) is 25.4. The highest BCUT2D eigenvalue weighted by Crippen LogP contribution is 2.75. The van der Waals surface area contributed by atoms with E-state index in [0.29, 0.717) is 25.2 Å². The summed E-state index contributed by atoms with van der Waals surface area (Å²) in [6.45, 7) is 13.5. The average molecular weight is 487 g/mol. The van der Waals surface area contributed by atoms with Gasteiger partial charge in [-0.3, -0.25) is 4.79 Å². The largest absolute Gasteiger partial charge is 0.481 e. The van der Waals surface area contributed by atoms with Crippen LogP contribution in [0.2, 0.25) is 0 Å². The van der Waals surface area contributed by atoms with Gasteiger partial charge in [-0.05, 0) is 97.2 Å². The minimum Gasteiger partial charge on any atom is -0.481 e. The second-order valence-corrected chi connectivity index (χ2v) is 14.8. The van der Waals surface area contributed by atoms with E-state index in [9.17, 15) is 24.9 Å². The number of carboxylic acids is 1. The standard InChI is InChI=1S/C30H46O5/c1-25(2)13-14-30(24(34)35)19(15-25)18-7-8-21-26(3)11-10-22(32)27(4,17-31)20(26)9-12-28(21,5)29(18,6)16-23(30)33/h7,17,19-23,32-33H,8-16H2,1-6H3,(H,34,35)/t19?,20?,21?,22-,23+,26?,27-,28?,29+,30+/m0/s1. The van der Waals surface area contributed by atoms with Gasteiger partial charge in [-0.15, -0.1) is 0 Å². The molecule has 5 heteroatoms. The lowest BCUT2D eigenvalue weighted by atomic mass is 9.33. The topological polar surface area (TPSA) is 94.8 Å². The van der Waals surface area contributed by atoms with Gasteiger partial charge in [0.25, 0.3) is 0 Å². The van der Waals surface area contributed by atoms with Gasteiger partial charge in [-0.25, -0.2) is 0 Å². The van der Waals surface area contributed by atoms with Gasteiger partial charge in [-0.1, -0.05) is 53.2 Å². The Labute approximate surface area is 210 Å². The Morgan fingerprint density at radius 2 is 1.60 bits per heavy atom. The number of carboxylic acid groups (broad SMARTS) is 1. The fourth-order valence-corrected chi connectivity index (χ4v) is 10.6. The molecule has 196 valence electrons. The fraction of sp³-hybridized carbons (Fsp3) is 0.867. The summed E-state index contributed by atoms with van der Waals surface area (Å²) < 4.78 is 0. The first-order valence-electron chi connectivity index (χ1n) is 13.9. The van der Waals surface area contributed by atoms with Gasteiger partial charge in [0.05, 0.1) is 17.6 Å². The zero-order valence-corrected chi connectivity index (χ0v) is 22.6. The number of hydrogen-bond donors (Lipinski definition) is 3. The number of carbonyl (C=O) groups is 2. The Morgan fingerprint density at radius 3 is 2.23 bits per heavy atom. The molecule has 0 aliphatic heterocycles. The van der Waals surface area contributed by atoms with Crippen LogP contribution in [0.5, 0.6) is 0 Å². The van der Waals surface area contributed by atoms with Crippen LogP contribution >= 0.6 is 0 Å². The van der Waals surface area contributed by atoms with Crippen molar-refractivity contribution in [3.63, 3.8) is 0 Å². The average Bonchev–Trinajstić information content (AvgIpc) is 2.76. The quantitative estimate of drug-likeness (QED) is 0.360. The number of aliphatic hydroxyl groups is 2. The molecule has 35 heavy (non-hydrogen) atoms. The fourth-order valence-electron chi connectivity index (χ4n) is 10.6. The van der Waals surface area contributed by atoms with E-state index in [0.717, 1.165) is 44.8 Å². The van der Waals surface area contributed by atoms with Gasteiger partial charge in [0.15, 0.2) is 0 Å². The van der Waals surface area contributed by atoms with Crippen molar-refractivity contribution >= 4 is 12.3 Å². The first-order valence-corrected chi connectivity index (χ1v) is 13.9. The van der Waals surface area contributed by atoms with Gasteiger partial charge in [0.2, 0.25) is 0 Å². The van der Waals surface area contributed by atoms with Gasteiger partial charge in [0, 0.05) is 0 Å². The van der Waals surface area contributed by atoms with Gasteiger partial charge >= 0.3 is 5.97 Å². The molecule has 0 aromatic rings. The lowest BCUT2D eigenvalue weighted by Crippen LogP contribution is -2.67. The summed E-state index contributed by atoms with van der Waals surface area (Å²) >= 11 is 0. The monoisotopic (exact) mass is 486 g/mol. The maximum absolute atomic E-state index is 12.8. The molecule has 4 saturated carbocycles. The molecule has 5 aliphatic rings. The van der Waals surface area contributed by atoms with Crippen molar-refractivity contribution in [3.05, 3.63) is 11.6 Å². The van der Waals surface area contributed by atoms with E-state index in [4.69, 9.17) is 0 Å². The maximum atomic E-state index is 12.8. The van der Waals surface area contributed by atoms with Gasteiger partial charge in [-0.2, -0.15) is 0 Å². The SMILES string of the molecule is CC1(C)CC[C@@]2(C(=O)O)C(C1)C1=CCC3C4(C)CC[C@H](O)[C@@](C)(C=O)C4CCC3(C)[C@]1(C)C[C@H]2O. The van der Waals surface area contributed by atoms with Crippen LogP contribution in [0.1, 0.15) is 99.3 Å². The second kappa shape index (κ2) is 7.43. The van der Waals surface area contributed by atoms with Crippen LogP contribution in [0.4, 0.5) is 0 Å². The van der Waals surface area contributed by atoms with Gasteiger partial charge in [0.1, 0.15) is 11.7 Å². The summed E-state index contributed by atoms with van der Waals surface area (Å²) in [5.41, 5.74) is -0.934. The van der Waals surface area contributed by atoms with Crippen molar-refractivity contribution < 1.29 is 24.9 Å². The van der Waals surface area contributed by atoms with Crippen LogP contribution in [0.25, 0.3) is 0 Å². The molecule has 0 amide bonds. The minimum absolute atomic E-state index is 0.0507. The second-order valence-electron chi connectivity index (χ2n) is 14.8. The molecular formula is C30H46O5. The number of fused-ring (bicyclic) bond motifs is 7. The molecule has 5 aliphatic carbocycles. The summed E-state index contributed by atoms with van der Waals surface area (Å²) in [7, 11) is 0. The Bertz CT molecular complexity index is 970. The first-order chi connectivity index (χ1) is 16.1. The molecule has 0 aromatic carbocycles. The number of carbonyl (C=O) groups excluding carboxylic acids is 1. The molecule has 0 bridgehead atoms. The summed E-state index contributed by atoms with van der Waals surface area (Å²) in [4.78, 5) is 25.1. The number of aliphatic carboxylic acids is 1. The van der Waals surface area contributed by atoms with Crippen LogP contribution in [0.3, 0.4) is 0 Å². The molecule has 10 atom stereocenters. The molecule has 0 spiro atoms. The van der Waals surface area contributed by atoms with E-state index in [1.165, 1.54) is 5.57 Å². The Morgan fingerprint density at radius 1 is 0.914 bits per heavy atom. The third-order valence-electron chi connectivity index (χ3n) is 13.0. The van der Waals surface area contributed by atoms with Crippen LogP contribution in [0, 0.1) is 50.2 Å². The normalized spacial score (nSPS) is 54.9. The predicted octanol–water partition coefficient (Wildman–Crippen LogP) is 5.38. The molecule has 0 saturated heterocycles. The molecule has 5 nitrogen and oxygen atoms in total. The molecule has 3 N–H and O–H groups in total. The van der Waals surface area contributed by atoms with Crippen molar-refractivity contribution in [3.8, 4) is 0 Å². The molecule has 5 rings (SSSR count). The molecular weight excluding hydrogens is 440 g/mol. The number of aldehydes is 1. The molecule has 0 radical (unpaired) electrons. The van der Waals surface area contributed by atoms with Crippen molar-refractivity contribution in [2.45, 2.75) is 112 Å². The highest BCUT2D eigenvalue weighted by atomic mass is 16.4. The Hall–Kier alpha value is -1.20.